The average Bonchev–Trinajstić information content (AvgIpc) is 3.13. The predicted molar refractivity (Wildman–Crippen MR) is 219 cm³/mol. The lowest BCUT2D eigenvalue weighted by Crippen LogP contribution is -2.28. The maximum absolute atomic E-state index is 12.6. The van der Waals surface area contributed by atoms with Crippen molar-refractivity contribution >= 4 is 13.8 Å². The van der Waals surface area contributed by atoms with Crippen LogP contribution in [0.5, 0.6) is 0 Å². The van der Waals surface area contributed by atoms with E-state index in [-0.39, 0.29) is 32.3 Å². The lowest BCUT2D eigenvalue weighted by Gasteiger charge is -2.20. The van der Waals surface area contributed by atoms with E-state index in [2.05, 4.69) is 62.5 Å². The molecule has 0 bridgehead atoms. The van der Waals surface area contributed by atoms with Gasteiger partial charge in [0.05, 0.1) is 19.8 Å². The number of carbonyl (C=O) groups excluding carboxylic acids is 1. The SMILES string of the molecule is CC/C=C\C/C=C\C/C=C\C/C=C\CCCOCC(COP(=O)(O)OCCN)OC(=O)CCCCCCCCCCCCCCCCCCCCC. The Morgan fingerprint density at radius 2 is 1.06 bits per heavy atom. The molecule has 52 heavy (non-hydrogen) atoms. The fourth-order valence-corrected chi connectivity index (χ4v) is 6.47. The third-order valence-electron chi connectivity index (χ3n) is 8.76. The Morgan fingerprint density at radius 1 is 0.596 bits per heavy atom. The van der Waals surface area contributed by atoms with E-state index in [0.717, 1.165) is 57.8 Å². The van der Waals surface area contributed by atoms with Gasteiger partial charge in [-0.05, 0) is 44.9 Å². The highest BCUT2D eigenvalue weighted by Crippen LogP contribution is 2.43. The highest BCUT2D eigenvalue weighted by Gasteiger charge is 2.25. The van der Waals surface area contributed by atoms with E-state index < -0.39 is 13.9 Å². The zero-order valence-corrected chi connectivity index (χ0v) is 34.4. The molecule has 0 aliphatic carbocycles. The van der Waals surface area contributed by atoms with Crippen LogP contribution in [0.1, 0.15) is 181 Å². The Kier molecular flexibility index (Phi) is 39.4. The summed E-state index contributed by atoms with van der Waals surface area (Å²) in [5, 5.41) is 0. The van der Waals surface area contributed by atoms with Gasteiger partial charge in [-0.25, -0.2) is 4.57 Å². The number of nitrogens with two attached hydrogens (primary N) is 1. The molecule has 304 valence electrons. The van der Waals surface area contributed by atoms with E-state index in [0.29, 0.717) is 13.0 Å². The third-order valence-corrected chi connectivity index (χ3v) is 9.74. The first kappa shape index (κ1) is 50.5. The van der Waals surface area contributed by atoms with Crippen LogP contribution in [0, 0.1) is 0 Å². The Hall–Kier alpha value is -1.54. The minimum Gasteiger partial charge on any atom is -0.457 e. The van der Waals surface area contributed by atoms with E-state index in [1.807, 2.05) is 0 Å². The summed E-state index contributed by atoms with van der Waals surface area (Å²) in [5.74, 6) is -0.348. The van der Waals surface area contributed by atoms with Crippen molar-refractivity contribution in [3.8, 4) is 0 Å². The molecule has 2 atom stereocenters. The molecule has 0 heterocycles. The summed E-state index contributed by atoms with van der Waals surface area (Å²) >= 11 is 0. The average molecular weight is 754 g/mol. The molecule has 0 saturated heterocycles. The maximum atomic E-state index is 12.6. The molecule has 2 unspecified atom stereocenters. The molecule has 0 radical (unpaired) electrons. The van der Waals surface area contributed by atoms with Crippen LogP contribution >= 0.6 is 7.82 Å². The lowest BCUT2D eigenvalue weighted by atomic mass is 10.0. The lowest BCUT2D eigenvalue weighted by molar-refractivity contribution is -0.154. The molecule has 3 N–H and O–H groups in total. The third kappa shape index (κ3) is 39.7. The van der Waals surface area contributed by atoms with Crippen LogP contribution < -0.4 is 5.73 Å². The molecule has 0 aromatic carbocycles. The Labute approximate surface area is 320 Å². The molecule has 0 spiro atoms. The molecule has 0 aromatic rings. The fourth-order valence-electron chi connectivity index (χ4n) is 5.71. The Morgan fingerprint density at radius 3 is 1.54 bits per heavy atom. The number of allylic oxidation sites excluding steroid dienone is 8. The smallest absolute Gasteiger partial charge is 0.457 e. The van der Waals surface area contributed by atoms with Gasteiger partial charge in [0.1, 0.15) is 6.10 Å². The van der Waals surface area contributed by atoms with Gasteiger partial charge in [0.25, 0.3) is 0 Å². The molecule has 9 heteroatoms. The van der Waals surface area contributed by atoms with Gasteiger partial charge < -0.3 is 20.1 Å². The van der Waals surface area contributed by atoms with Crippen LogP contribution in [0.2, 0.25) is 0 Å². The second-order valence-corrected chi connectivity index (χ2v) is 15.3. The van der Waals surface area contributed by atoms with Crippen LogP contribution in [-0.4, -0.2) is 49.9 Å². The summed E-state index contributed by atoms with van der Waals surface area (Å²) in [6, 6.07) is 0. The van der Waals surface area contributed by atoms with Gasteiger partial charge in [-0.1, -0.05) is 178 Å². The van der Waals surface area contributed by atoms with Crippen molar-refractivity contribution in [1.29, 1.82) is 0 Å². The highest BCUT2D eigenvalue weighted by atomic mass is 31.2. The molecule has 0 amide bonds. The first-order valence-electron chi connectivity index (χ1n) is 21.1. The Balaban J connectivity index is 4.07. The maximum Gasteiger partial charge on any atom is 0.472 e. The highest BCUT2D eigenvalue weighted by molar-refractivity contribution is 7.47. The molecule has 8 nitrogen and oxygen atoms in total. The first-order valence-corrected chi connectivity index (χ1v) is 22.6. The van der Waals surface area contributed by atoms with Gasteiger partial charge in [-0.3, -0.25) is 13.8 Å². The van der Waals surface area contributed by atoms with E-state index in [1.165, 1.54) is 103 Å². The number of hydrogen-bond acceptors (Lipinski definition) is 7. The second-order valence-electron chi connectivity index (χ2n) is 13.8. The fraction of sp³-hybridized carbons (Fsp3) is 0.791. The topological polar surface area (TPSA) is 117 Å². The van der Waals surface area contributed by atoms with E-state index in [1.54, 1.807) is 0 Å². The molecular formula is C43H80NO7P. The van der Waals surface area contributed by atoms with Crippen LogP contribution in [0.25, 0.3) is 0 Å². The van der Waals surface area contributed by atoms with E-state index in [4.69, 9.17) is 24.3 Å². The number of ether oxygens (including phenoxy) is 2. The van der Waals surface area contributed by atoms with Gasteiger partial charge in [0, 0.05) is 19.6 Å². The van der Waals surface area contributed by atoms with Crippen molar-refractivity contribution < 1.29 is 32.8 Å². The van der Waals surface area contributed by atoms with Crippen molar-refractivity contribution in [2.75, 3.05) is 33.0 Å². The molecule has 0 aromatic heterocycles. The largest absolute Gasteiger partial charge is 0.472 e. The monoisotopic (exact) mass is 754 g/mol. The summed E-state index contributed by atoms with van der Waals surface area (Å²) in [6.07, 6.45) is 47.2. The summed E-state index contributed by atoms with van der Waals surface area (Å²) in [5.41, 5.74) is 5.36. The summed E-state index contributed by atoms with van der Waals surface area (Å²) in [7, 11) is -4.29. The summed E-state index contributed by atoms with van der Waals surface area (Å²) in [6.45, 7) is 4.67. The molecule has 0 rings (SSSR count). The number of phosphoric acid groups is 1. The van der Waals surface area contributed by atoms with Gasteiger partial charge >= 0.3 is 13.8 Å². The van der Waals surface area contributed by atoms with Crippen molar-refractivity contribution in [2.24, 2.45) is 5.73 Å². The van der Waals surface area contributed by atoms with E-state index in [9.17, 15) is 14.3 Å². The second kappa shape index (κ2) is 40.6. The minimum absolute atomic E-state index is 0.0794. The number of carbonyl (C=O) groups is 1. The molecular weight excluding hydrogens is 673 g/mol. The number of unbranched alkanes of at least 4 members (excludes halogenated alkanes) is 19. The quantitative estimate of drug-likeness (QED) is 0.0275. The first-order chi connectivity index (χ1) is 25.4. The van der Waals surface area contributed by atoms with Crippen LogP contribution in [-0.2, 0) is 27.9 Å². The van der Waals surface area contributed by atoms with Gasteiger partial charge in [0.15, 0.2) is 0 Å². The van der Waals surface area contributed by atoms with Crippen molar-refractivity contribution in [1.82, 2.24) is 0 Å². The van der Waals surface area contributed by atoms with E-state index >= 15 is 0 Å². The number of phosphoric ester groups is 1. The van der Waals surface area contributed by atoms with Crippen molar-refractivity contribution in [2.45, 2.75) is 187 Å². The van der Waals surface area contributed by atoms with Crippen LogP contribution in [0.3, 0.4) is 0 Å². The normalized spacial score (nSPS) is 14.0. The minimum atomic E-state index is -4.29. The number of rotatable bonds is 40. The molecule has 0 aliphatic heterocycles. The molecule has 0 aliphatic rings. The van der Waals surface area contributed by atoms with Crippen LogP contribution in [0.15, 0.2) is 48.6 Å². The standard InChI is InChI=1S/C43H80NO7P/c1-3-5-7-9-11-13-15-17-19-20-21-22-23-24-26-28-30-32-34-36-43(45)51-42(41-50-52(46,47)49-39-37-44)40-48-38-35-33-31-29-27-25-18-16-14-12-10-8-6-4-2/h6,8,12,14,18,25,29,31,42H,3-5,7,9-11,13,15-17,19-24,26-28,30,32-41,44H2,1-2H3,(H,46,47)/b8-6-,14-12-,25-18-,31-29-. The predicted octanol–water partition coefficient (Wildman–Crippen LogP) is 12.4. The van der Waals surface area contributed by atoms with Crippen LogP contribution in [0.4, 0.5) is 0 Å². The van der Waals surface area contributed by atoms with Gasteiger partial charge in [-0.2, -0.15) is 0 Å². The Bertz CT molecular complexity index is 936. The van der Waals surface area contributed by atoms with Crippen molar-refractivity contribution in [3.63, 3.8) is 0 Å². The van der Waals surface area contributed by atoms with Crippen molar-refractivity contribution in [3.05, 3.63) is 48.6 Å². The molecule has 0 saturated carbocycles. The molecule has 0 fully saturated rings. The van der Waals surface area contributed by atoms with Gasteiger partial charge in [0.2, 0.25) is 0 Å². The zero-order valence-electron chi connectivity index (χ0n) is 33.5. The van der Waals surface area contributed by atoms with Gasteiger partial charge in [-0.15, -0.1) is 0 Å². The summed E-state index contributed by atoms with van der Waals surface area (Å²) < 4.78 is 33.3. The number of hydrogen-bond donors (Lipinski definition) is 2. The number of esters is 1. The summed E-state index contributed by atoms with van der Waals surface area (Å²) in [4.78, 5) is 22.4. The zero-order chi connectivity index (χ0) is 38.1.